The molecule has 2 N–H and O–H groups in total. The van der Waals surface area contributed by atoms with Crippen LogP contribution < -0.4 is 10.6 Å². The van der Waals surface area contributed by atoms with Crippen LogP contribution in [0.1, 0.15) is 17.2 Å². The fraction of sp³-hybridized carbons (Fsp3) is 0.333. The summed E-state index contributed by atoms with van der Waals surface area (Å²) in [4.78, 5) is 28.7. The van der Waals surface area contributed by atoms with Gasteiger partial charge in [-0.2, -0.15) is 0 Å². The van der Waals surface area contributed by atoms with E-state index < -0.39 is 12.1 Å². The van der Waals surface area contributed by atoms with Crippen LogP contribution in [0.25, 0.3) is 0 Å². The number of imide groups is 1. The van der Waals surface area contributed by atoms with Crippen LogP contribution in [0.4, 0.5) is 9.18 Å². The summed E-state index contributed by atoms with van der Waals surface area (Å²) in [5.74, 6) is -0.707. The number of hydrogen-bond acceptors (Lipinski definition) is 4. The molecule has 3 rings (SSSR count). The van der Waals surface area contributed by atoms with Crippen LogP contribution in [0.3, 0.4) is 0 Å². The number of carbonyl (C=O) groups excluding carboxylic acids is 2. The minimum atomic E-state index is -0.551. The fourth-order valence-corrected chi connectivity index (χ4v) is 3.70. The molecule has 6 nitrogen and oxygen atoms in total. The van der Waals surface area contributed by atoms with Crippen LogP contribution in [-0.4, -0.2) is 55.0 Å². The van der Waals surface area contributed by atoms with Crippen LogP contribution in [-0.2, 0) is 11.3 Å². The van der Waals surface area contributed by atoms with E-state index >= 15 is 0 Å². The van der Waals surface area contributed by atoms with Gasteiger partial charge in [0, 0.05) is 44.8 Å². The highest BCUT2D eigenvalue weighted by atomic mass is 35.5. The van der Waals surface area contributed by atoms with Crippen molar-refractivity contribution in [3.63, 3.8) is 0 Å². The molecule has 1 aliphatic heterocycles. The van der Waals surface area contributed by atoms with Gasteiger partial charge in [0.05, 0.1) is 0 Å². The molecule has 1 aliphatic rings. The first-order valence-corrected chi connectivity index (χ1v) is 9.83. The third-order valence-corrected chi connectivity index (χ3v) is 5.36. The van der Waals surface area contributed by atoms with Gasteiger partial charge < -0.3 is 5.32 Å². The van der Waals surface area contributed by atoms with Crippen molar-refractivity contribution in [3.05, 3.63) is 70.5 Å². The number of nitrogens with zero attached hydrogens (tertiary/aromatic N) is 2. The molecule has 1 fully saturated rings. The molecule has 1 saturated heterocycles. The number of amides is 3. The average Bonchev–Trinajstić information content (AvgIpc) is 2.72. The zero-order valence-electron chi connectivity index (χ0n) is 16.2. The summed E-state index contributed by atoms with van der Waals surface area (Å²) < 4.78 is 13.2. The summed E-state index contributed by atoms with van der Waals surface area (Å²) in [6, 6.07) is 12.8. The summed E-state index contributed by atoms with van der Waals surface area (Å²) in [6.07, 6.45) is 0. The van der Waals surface area contributed by atoms with Gasteiger partial charge in [0.25, 0.3) is 0 Å². The first-order valence-electron chi connectivity index (χ1n) is 9.46. The normalized spacial score (nSPS) is 16.2. The summed E-state index contributed by atoms with van der Waals surface area (Å²) in [6.45, 7) is 3.38. The lowest BCUT2D eigenvalue weighted by atomic mass is 10.0. The molecule has 1 unspecified atom stereocenters. The van der Waals surface area contributed by atoms with Gasteiger partial charge in [0.15, 0.2) is 0 Å². The second-order valence-electron chi connectivity index (χ2n) is 6.93. The quantitative estimate of drug-likeness (QED) is 0.783. The maximum Gasteiger partial charge on any atom is 0.321 e. The van der Waals surface area contributed by atoms with E-state index in [1.165, 1.54) is 19.2 Å². The van der Waals surface area contributed by atoms with Crippen molar-refractivity contribution in [2.75, 3.05) is 33.2 Å². The van der Waals surface area contributed by atoms with E-state index in [1.54, 1.807) is 6.07 Å². The number of halogens is 2. The number of carbonyl (C=O) groups is 2. The van der Waals surface area contributed by atoms with Crippen molar-refractivity contribution in [2.24, 2.45) is 0 Å². The first-order chi connectivity index (χ1) is 14.0. The third-order valence-electron chi connectivity index (χ3n) is 5.01. The number of hydrogen-bond donors (Lipinski definition) is 2. The highest BCUT2D eigenvalue weighted by Gasteiger charge is 2.31. The van der Waals surface area contributed by atoms with Gasteiger partial charge in [-0.05, 0) is 23.3 Å². The Bertz CT molecular complexity index is 857. The zero-order chi connectivity index (χ0) is 20.8. The van der Waals surface area contributed by atoms with Crippen LogP contribution in [0, 0.1) is 5.82 Å². The molecule has 2 aromatic carbocycles. The third kappa shape index (κ3) is 5.53. The summed E-state index contributed by atoms with van der Waals surface area (Å²) >= 11 is 6.14. The Hall–Kier alpha value is -2.48. The Morgan fingerprint density at radius 2 is 1.79 bits per heavy atom. The van der Waals surface area contributed by atoms with Gasteiger partial charge in [-0.1, -0.05) is 48.0 Å². The molecule has 0 aromatic heterocycles. The molecule has 0 spiro atoms. The van der Waals surface area contributed by atoms with Gasteiger partial charge in [0.1, 0.15) is 11.9 Å². The lowest BCUT2D eigenvalue weighted by Gasteiger charge is -2.38. The molecule has 0 saturated carbocycles. The van der Waals surface area contributed by atoms with Crippen molar-refractivity contribution >= 4 is 23.5 Å². The molecule has 0 radical (unpaired) electrons. The van der Waals surface area contributed by atoms with Gasteiger partial charge in [-0.3, -0.25) is 19.9 Å². The van der Waals surface area contributed by atoms with Gasteiger partial charge in [-0.15, -0.1) is 0 Å². The van der Waals surface area contributed by atoms with Crippen LogP contribution in [0.15, 0.2) is 48.5 Å². The van der Waals surface area contributed by atoms with Gasteiger partial charge in [0.2, 0.25) is 5.91 Å². The van der Waals surface area contributed by atoms with Crippen molar-refractivity contribution < 1.29 is 14.0 Å². The smallest absolute Gasteiger partial charge is 0.321 e. The van der Waals surface area contributed by atoms with Gasteiger partial charge in [-0.25, -0.2) is 9.18 Å². The van der Waals surface area contributed by atoms with E-state index in [-0.39, 0.29) is 11.7 Å². The van der Waals surface area contributed by atoms with E-state index in [0.29, 0.717) is 24.7 Å². The number of rotatable bonds is 5. The lowest BCUT2D eigenvalue weighted by molar-refractivity contribution is -0.126. The van der Waals surface area contributed by atoms with Crippen molar-refractivity contribution in [1.29, 1.82) is 0 Å². The predicted octanol–water partition coefficient (Wildman–Crippen LogP) is 2.79. The Morgan fingerprint density at radius 3 is 2.41 bits per heavy atom. The topological polar surface area (TPSA) is 64.7 Å². The second-order valence-corrected chi connectivity index (χ2v) is 7.34. The standard InChI is InChI=1S/C21H24ClFN4O2/c1-24-21(29)25-20(28)19(15-5-3-2-4-6-15)27-11-9-26(10-12-27)14-16-7-8-17(23)13-18(16)22/h2-8,13,19H,9-12,14H2,1H3,(H2,24,25,28,29). The molecule has 154 valence electrons. The number of nitrogens with one attached hydrogen (secondary N) is 2. The molecular weight excluding hydrogens is 395 g/mol. The van der Waals surface area contributed by atoms with Crippen molar-refractivity contribution in [2.45, 2.75) is 12.6 Å². The van der Waals surface area contributed by atoms with Crippen LogP contribution in [0.2, 0.25) is 5.02 Å². The van der Waals surface area contributed by atoms with E-state index in [4.69, 9.17) is 11.6 Å². The van der Waals surface area contributed by atoms with E-state index in [9.17, 15) is 14.0 Å². The minimum absolute atomic E-state index is 0.351. The van der Waals surface area contributed by atoms with E-state index in [0.717, 1.165) is 24.2 Å². The monoisotopic (exact) mass is 418 g/mol. The summed E-state index contributed by atoms with van der Waals surface area (Å²) in [5, 5.41) is 5.22. The SMILES string of the molecule is CNC(=O)NC(=O)C(c1ccccc1)N1CCN(Cc2ccc(F)cc2Cl)CC1. The minimum Gasteiger partial charge on any atom is -0.341 e. The van der Waals surface area contributed by atoms with Gasteiger partial charge >= 0.3 is 6.03 Å². The molecular formula is C21H24ClFN4O2. The number of benzene rings is 2. The molecule has 1 heterocycles. The Balaban J connectivity index is 1.68. The molecule has 8 heteroatoms. The highest BCUT2D eigenvalue weighted by molar-refractivity contribution is 6.31. The maximum absolute atomic E-state index is 13.2. The summed E-state index contributed by atoms with van der Waals surface area (Å²) in [5.41, 5.74) is 1.71. The average molecular weight is 419 g/mol. The molecule has 2 aromatic rings. The highest BCUT2D eigenvalue weighted by Crippen LogP contribution is 2.24. The Morgan fingerprint density at radius 1 is 1.10 bits per heavy atom. The number of piperazine rings is 1. The first kappa shape index (κ1) is 21.2. The molecule has 0 aliphatic carbocycles. The van der Waals surface area contributed by atoms with E-state index in [2.05, 4.69) is 20.4 Å². The second kappa shape index (κ2) is 9.82. The zero-order valence-corrected chi connectivity index (χ0v) is 17.0. The number of urea groups is 1. The molecule has 0 bridgehead atoms. The van der Waals surface area contributed by atoms with E-state index in [1.807, 2.05) is 30.3 Å². The molecule has 3 amide bonds. The van der Waals surface area contributed by atoms with Crippen LogP contribution >= 0.6 is 11.6 Å². The largest absolute Gasteiger partial charge is 0.341 e. The van der Waals surface area contributed by atoms with Crippen LogP contribution in [0.5, 0.6) is 0 Å². The maximum atomic E-state index is 13.2. The Kier molecular flexibility index (Phi) is 7.19. The predicted molar refractivity (Wildman–Crippen MR) is 110 cm³/mol. The Labute approximate surface area is 174 Å². The fourth-order valence-electron chi connectivity index (χ4n) is 3.48. The van der Waals surface area contributed by atoms with Crippen molar-refractivity contribution in [3.8, 4) is 0 Å². The summed E-state index contributed by atoms with van der Waals surface area (Å²) in [7, 11) is 1.47. The molecule has 29 heavy (non-hydrogen) atoms. The van der Waals surface area contributed by atoms with Crippen molar-refractivity contribution in [1.82, 2.24) is 20.4 Å². The lowest BCUT2D eigenvalue weighted by Crippen LogP contribution is -2.52. The molecule has 1 atom stereocenters.